The number of nitrogens with one attached hydrogen (secondary N) is 1. The number of aliphatic hydroxyl groups excluding tert-OH is 17. The molecule has 5 fully saturated rings. The summed E-state index contributed by atoms with van der Waals surface area (Å²) in [5.41, 5.74) is 0. The summed E-state index contributed by atoms with van der Waals surface area (Å²) in [5, 5.41) is 183. The van der Waals surface area contributed by atoms with Gasteiger partial charge in [-0.05, 0) is 13.8 Å². The van der Waals surface area contributed by atoms with Crippen LogP contribution in [-0.4, -0.2) is 303 Å². The second-order valence-corrected chi connectivity index (χ2v) is 17.1. The zero-order valence-electron chi connectivity index (χ0n) is 36.7. The van der Waals surface area contributed by atoms with Gasteiger partial charge in [-0.2, -0.15) is 0 Å². The SMILES string of the molecule is CC(=O)N[C@H]1[C@H](O[C@@H]2[C@@H](O)[C@H](O[C@@H]([C@H](O[C@@H]3O[C@@H](C)[C@@H](O)[C@@H](O)[C@@H]3O)[C@@H](O)C=O)[C@H](O)CO)O[C@H](CO)[C@@H]2O[C@@H]2O[C@@H](C)[C@@H](O)[C@@H](O)[C@@H]2O)O[C@H](CO)[C@@H](O)[C@@H]1O[C@@H]1O[C@H](CO)[C@@H](O)[C@H](O)[C@H]1O. The molecule has 18 N–H and O–H groups in total. The molecule has 0 aromatic heterocycles. The molecule has 0 aromatic carbocycles. The van der Waals surface area contributed by atoms with Gasteiger partial charge in [-0.3, -0.25) is 4.79 Å². The highest BCUT2D eigenvalue weighted by atomic mass is 16.8. The van der Waals surface area contributed by atoms with Crippen LogP contribution in [0.4, 0.5) is 0 Å². The highest BCUT2D eigenvalue weighted by Gasteiger charge is 2.57. The van der Waals surface area contributed by atoms with E-state index in [0.29, 0.717) is 0 Å². The molecular formula is C38H65NO29. The van der Waals surface area contributed by atoms with Crippen LogP contribution in [0.15, 0.2) is 0 Å². The minimum absolute atomic E-state index is 0.126. The monoisotopic (exact) mass is 999 g/mol. The molecule has 1 amide bonds. The van der Waals surface area contributed by atoms with E-state index >= 15 is 0 Å². The lowest BCUT2D eigenvalue weighted by Crippen LogP contribution is -2.70. The summed E-state index contributed by atoms with van der Waals surface area (Å²) < 4.78 is 57.6. The van der Waals surface area contributed by atoms with Gasteiger partial charge >= 0.3 is 0 Å². The molecule has 5 rings (SSSR count). The average Bonchev–Trinajstić information content (AvgIpc) is 3.31. The average molecular weight is 1000 g/mol. The van der Waals surface area contributed by atoms with Gasteiger partial charge in [0.1, 0.15) is 134 Å². The van der Waals surface area contributed by atoms with E-state index < -0.39 is 210 Å². The van der Waals surface area contributed by atoms with Crippen LogP contribution in [-0.2, 0) is 57.0 Å². The van der Waals surface area contributed by atoms with E-state index in [1.165, 1.54) is 13.8 Å². The number of aldehydes is 1. The second-order valence-electron chi connectivity index (χ2n) is 17.1. The molecule has 0 saturated carbocycles. The third-order valence-corrected chi connectivity index (χ3v) is 12.3. The lowest BCUT2D eigenvalue weighted by atomic mass is 9.94. The number of amides is 1. The number of carbonyl (C=O) groups excluding carboxylic acids is 2. The normalized spacial score (nSPS) is 47.7. The van der Waals surface area contributed by atoms with E-state index in [4.69, 9.17) is 47.4 Å². The van der Waals surface area contributed by atoms with Gasteiger partial charge in [0, 0.05) is 6.92 Å². The molecule has 0 radical (unpaired) electrons. The van der Waals surface area contributed by atoms with Crippen LogP contribution in [0.1, 0.15) is 20.8 Å². The largest absolute Gasteiger partial charge is 0.394 e. The van der Waals surface area contributed by atoms with E-state index in [2.05, 4.69) is 5.32 Å². The van der Waals surface area contributed by atoms with Crippen LogP contribution >= 0.6 is 0 Å². The van der Waals surface area contributed by atoms with Crippen molar-refractivity contribution in [1.82, 2.24) is 5.32 Å². The smallest absolute Gasteiger partial charge is 0.217 e. The van der Waals surface area contributed by atoms with Crippen molar-refractivity contribution >= 4 is 12.2 Å². The fourth-order valence-electron chi connectivity index (χ4n) is 8.33. The van der Waals surface area contributed by atoms with Gasteiger partial charge < -0.3 is 144 Å². The van der Waals surface area contributed by atoms with Gasteiger partial charge in [0.25, 0.3) is 0 Å². The molecular weight excluding hydrogens is 934 g/mol. The quantitative estimate of drug-likeness (QED) is 0.0534. The first kappa shape index (κ1) is 57.0. The van der Waals surface area contributed by atoms with E-state index in [0.717, 1.165) is 6.92 Å². The summed E-state index contributed by atoms with van der Waals surface area (Å²) in [6.45, 7) is -0.793. The summed E-state index contributed by atoms with van der Waals surface area (Å²) in [5.74, 6) is -0.886. The number of ether oxygens (including phenoxy) is 10. The Morgan fingerprint density at radius 2 is 0.941 bits per heavy atom. The fourth-order valence-corrected chi connectivity index (χ4v) is 8.33. The molecule has 5 aliphatic rings. The first-order valence-electron chi connectivity index (χ1n) is 21.6. The van der Waals surface area contributed by atoms with E-state index in [9.17, 15) is 96.4 Å². The zero-order valence-corrected chi connectivity index (χ0v) is 36.7. The highest BCUT2D eigenvalue weighted by molar-refractivity contribution is 5.73. The number of rotatable bonds is 19. The summed E-state index contributed by atoms with van der Waals surface area (Å²) in [4.78, 5) is 24.8. The Labute approximate surface area is 386 Å². The van der Waals surface area contributed by atoms with Crippen molar-refractivity contribution < 1.29 is 144 Å². The molecule has 0 aromatic rings. The Hall–Kier alpha value is -1.94. The highest BCUT2D eigenvalue weighted by Crippen LogP contribution is 2.37. The van der Waals surface area contributed by atoms with Gasteiger partial charge in [0.05, 0.1) is 38.6 Å². The molecule has 68 heavy (non-hydrogen) atoms. The van der Waals surface area contributed by atoms with E-state index in [-0.39, 0.29) is 6.29 Å². The third kappa shape index (κ3) is 12.3. The maximum absolute atomic E-state index is 12.8. The van der Waals surface area contributed by atoms with Crippen molar-refractivity contribution in [3.63, 3.8) is 0 Å². The topological polar surface area (TPSA) is 482 Å². The standard InChI is InChI=1S/C38H65NO29/c1-9-18(48)22(52)25(55)35(59-9)64-29(12(46)4-40)30(13(47)5-41)65-38-28(58)33(31(16(8-44)63-38)66-36-26(56)23(53)19(49)10(2)60-36)68-34-17(39-11(3)45)32(21(51)15(7-43)61-34)67-37-27(57)24(54)20(50)14(6-42)62-37/h4,9-10,12-38,41-44,46-58H,5-8H2,1-3H3,(H,39,45)/t9-,10-,12-,13+,14+,15+,16+,17+,18+,19+,20+,21+,22+,23+,24-,25-,26-,27+,28+,29+,30+,31-,32+,33+,34-,35-,36-,37-,38-/m0/s1. The van der Waals surface area contributed by atoms with Crippen LogP contribution < -0.4 is 5.32 Å². The Kier molecular flexibility index (Phi) is 20.7. The lowest BCUT2D eigenvalue weighted by molar-refractivity contribution is -0.394. The molecule has 5 aliphatic heterocycles. The molecule has 5 heterocycles. The number of hydrogen-bond donors (Lipinski definition) is 18. The maximum Gasteiger partial charge on any atom is 0.217 e. The zero-order chi connectivity index (χ0) is 50.6. The molecule has 0 aliphatic carbocycles. The Morgan fingerprint density at radius 3 is 1.47 bits per heavy atom. The first-order valence-corrected chi connectivity index (χ1v) is 21.6. The van der Waals surface area contributed by atoms with Crippen molar-refractivity contribution in [1.29, 1.82) is 0 Å². The molecule has 0 bridgehead atoms. The molecule has 0 unspecified atom stereocenters. The molecule has 5 saturated heterocycles. The van der Waals surface area contributed by atoms with Crippen molar-refractivity contribution in [3.8, 4) is 0 Å². The predicted molar refractivity (Wildman–Crippen MR) is 209 cm³/mol. The predicted octanol–water partition coefficient (Wildman–Crippen LogP) is -12.1. The van der Waals surface area contributed by atoms with Gasteiger partial charge in [-0.15, -0.1) is 0 Å². The molecule has 396 valence electrons. The Bertz CT molecular complexity index is 1570. The van der Waals surface area contributed by atoms with Crippen LogP contribution in [0.2, 0.25) is 0 Å². The first-order chi connectivity index (χ1) is 32.0. The molecule has 29 atom stereocenters. The van der Waals surface area contributed by atoms with E-state index in [1.807, 2.05) is 0 Å². The molecule has 30 heteroatoms. The molecule has 30 nitrogen and oxygen atoms in total. The maximum atomic E-state index is 12.8. The third-order valence-electron chi connectivity index (χ3n) is 12.3. The van der Waals surface area contributed by atoms with Crippen molar-refractivity contribution in [2.75, 3.05) is 26.4 Å². The Morgan fingerprint density at radius 1 is 0.515 bits per heavy atom. The van der Waals surface area contributed by atoms with Crippen LogP contribution in [0.5, 0.6) is 0 Å². The van der Waals surface area contributed by atoms with Gasteiger partial charge in [-0.1, -0.05) is 0 Å². The van der Waals surface area contributed by atoms with Gasteiger partial charge in [-0.25, -0.2) is 0 Å². The van der Waals surface area contributed by atoms with Crippen LogP contribution in [0.25, 0.3) is 0 Å². The van der Waals surface area contributed by atoms with Gasteiger partial charge in [0.15, 0.2) is 37.7 Å². The summed E-state index contributed by atoms with van der Waals surface area (Å²) in [6.07, 6.45) is -54.5. The Balaban J connectivity index is 1.55. The summed E-state index contributed by atoms with van der Waals surface area (Å²) in [6, 6.07) is -1.82. The van der Waals surface area contributed by atoms with Crippen molar-refractivity contribution in [2.45, 2.75) is 199 Å². The fraction of sp³-hybridized carbons (Fsp3) is 0.947. The number of aliphatic hydroxyl groups is 17. The van der Waals surface area contributed by atoms with Crippen LogP contribution in [0.3, 0.4) is 0 Å². The summed E-state index contributed by atoms with van der Waals surface area (Å²) in [7, 11) is 0. The minimum atomic E-state index is -2.39. The second kappa shape index (κ2) is 24.7. The van der Waals surface area contributed by atoms with Crippen LogP contribution in [0, 0.1) is 0 Å². The van der Waals surface area contributed by atoms with E-state index in [1.54, 1.807) is 0 Å². The molecule has 0 spiro atoms. The van der Waals surface area contributed by atoms with Crippen molar-refractivity contribution in [3.05, 3.63) is 0 Å². The number of carbonyl (C=O) groups is 2. The van der Waals surface area contributed by atoms with Gasteiger partial charge in [0.2, 0.25) is 5.91 Å². The lowest BCUT2D eigenvalue weighted by Gasteiger charge is -2.51. The van der Waals surface area contributed by atoms with Crippen molar-refractivity contribution in [2.24, 2.45) is 0 Å². The minimum Gasteiger partial charge on any atom is -0.394 e. The summed E-state index contributed by atoms with van der Waals surface area (Å²) >= 11 is 0. The number of hydrogen-bond acceptors (Lipinski definition) is 29.